The van der Waals surface area contributed by atoms with E-state index >= 15 is 0 Å². The average molecular weight is 282 g/mol. The van der Waals surface area contributed by atoms with Gasteiger partial charge in [0.05, 0.1) is 29.5 Å². The molecule has 108 valence electrons. The van der Waals surface area contributed by atoms with Crippen LogP contribution >= 0.6 is 0 Å². The van der Waals surface area contributed by atoms with Crippen molar-refractivity contribution in [2.24, 2.45) is 0 Å². The van der Waals surface area contributed by atoms with Gasteiger partial charge in [0, 0.05) is 6.54 Å². The third-order valence-electron chi connectivity index (χ3n) is 3.68. The SMILES string of the molecule is CCN(C(=O)c1ccoc1C)[C@@H](C)c1ccc(C#N)cc1. The fourth-order valence-corrected chi connectivity index (χ4v) is 2.37. The average Bonchev–Trinajstić information content (AvgIpc) is 2.94. The molecule has 0 spiro atoms. The molecule has 0 saturated heterocycles. The first-order chi connectivity index (χ1) is 10.1. The maximum Gasteiger partial charge on any atom is 0.257 e. The molecule has 0 aliphatic carbocycles. The smallest absolute Gasteiger partial charge is 0.257 e. The molecule has 1 atom stereocenters. The fraction of sp³-hybridized carbons (Fsp3) is 0.294. The third kappa shape index (κ3) is 2.97. The summed E-state index contributed by atoms with van der Waals surface area (Å²) in [5.74, 6) is 0.589. The Kier molecular flexibility index (Phi) is 4.44. The summed E-state index contributed by atoms with van der Waals surface area (Å²) in [6.45, 7) is 6.32. The molecule has 1 aromatic heterocycles. The molecule has 2 rings (SSSR count). The maximum atomic E-state index is 12.6. The minimum absolute atomic E-state index is 0.0411. The second-order valence-electron chi connectivity index (χ2n) is 4.89. The highest BCUT2D eigenvalue weighted by Gasteiger charge is 2.23. The minimum Gasteiger partial charge on any atom is -0.469 e. The normalized spacial score (nSPS) is 11.7. The first-order valence-electron chi connectivity index (χ1n) is 6.93. The lowest BCUT2D eigenvalue weighted by molar-refractivity contribution is 0.0700. The van der Waals surface area contributed by atoms with Crippen LogP contribution in [0.3, 0.4) is 0 Å². The molecule has 0 aliphatic rings. The Hall–Kier alpha value is -2.54. The van der Waals surface area contributed by atoms with Gasteiger partial charge in [0.15, 0.2) is 0 Å². The zero-order valence-corrected chi connectivity index (χ0v) is 12.5. The number of benzene rings is 1. The zero-order valence-electron chi connectivity index (χ0n) is 12.5. The van der Waals surface area contributed by atoms with Gasteiger partial charge in [0.25, 0.3) is 5.91 Å². The van der Waals surface area contributed by atoms with Crippen LogP contribution in [0.2, 0.25) is 0 Å². The molecule has 1 amide bonds. The van der Waals surface area contributed by atoms with Crippen LogP contribution < -0.4 is 0 Å². The highest BCUT2D eigenvalue weighted by molar-refractivity contribution is 5.95. The zero-order chi connectivity index (χ0) is 15.4. The summed E-state index contributed by atoms with van der Waals surface area (Å²) in [7, 11) is 0. The van der Waals surface area contributed by atoms with E-state index < -0.39 is 0 Å². The summed E-state index contributed by atoms with van der Waals surface area (Å²) >= 11 is 0. The number of amides is 1. The van der Waals surface area contributed by atoms with Crippen molar-refractivity contribution in [1.29, 1.82) is 5.26 Å². The number of furan rings is 1. The summed E-state index contributed by atoms with van der Waals surface area (Å²) in [6, 6.07) is 11.1. The number of carbonyl (C=O) groups is 1. The fourth-order valence-electron chi connectivity index (χ4n) is 2.37. The van der Waals surface area contributed by atoms with E-state index in [1.807, 2.05) is 26.0 Å². The lowest BCUT2D eigenvalue weighted by Crippen LogP contribution is -2.33. The van der Waals surface area contributed by atoms with Crippen molar-refractivity contribution in [3.63, 3.8) is 0 Å². The molecule has 1 heterocycles. The van der Waals surface area contributed by atoms with Gasteiger partial charge in [0.1, 0.15) is 5.76 Å². The second-order valence-corrected chi connectivity index (χ2v) is 4.89. The number of nitriles is 1. The van der Waals surface area contributed by atoms with Gasteiger partial charge in [-0.3, -0.25) is 4.79 Å². The van der Waals surface area contributed by atoms with E-state index in [2.05, 4.69) is 6.07 Å². The van der Waals surface area contributed by atoms with Crippen molar-refractivity contribution in [2.75, 3.05) is 6.54 Å². The first-order valence-corrected chi connectivity index (χ1v) is 6.93. The van der Waals surface area contributed by atoms with Crippen LogP contribution in [-0.2, 0) is 0 Å². The molecular formula is C17H18N2O2. The number of nitrogens with zero attached hydrogens (tertiary/aromatic N) is 2. The Balaban J connectivity index is 2.26. The van der Waals surface area contributed by atoms with Crippen LogP contribution in [0.15, 0.2) is 41.0 Å². The number of aryl methyl sites for hydroxylation is 1. The van der Waals surface area contributed by atoms with Crippen LogP contribution in [0.4, 0.5) is 0 Å². The highest BCUT2D eigenvalue weighted by atomic mass is 16.3. The Bertz CT molecular complexity index is 665. The number of hydrogen-bond donors (Lipinski definition) is 0. The molecule has 0 radical (unpaired) electrons. The number of rotatable bonds is 4. The van der Waals surface area contributed by atoms with Crippen LogP contribution in [0, 0.1) is 18.3 Å². The van der Waals surface area contributed by atoms with E-state index in [-0.39, 0.29) is 11.9 Å². The van der Waals surface area contributed by atoms with E-state index in [4.69, 9.17) is 9.68 Å². The minimum atomic E-state index is -0.0652. The van der Waals surface area contributed by atoms with Crippen molar-refractivity contribution >= 4 is 5.91 Å². The lowest BCUT2D eigenvalue weighted by atomic mass is 10.0. The Labute approximate surface area is 124 Å². The van der Waals surface area contributed by atoms with Crippen molar-refractivity contribution < 1.29 is 9.21 Å². The number of carbonyl (C=O) groups excluding carboxylic acids is 1. The lowest BCUT2D eigenvalue weighted by Gasteiger charge is -2.28. The first kappa shape index (κ1) is 14.9. The van der Waals surface area contributed by atoms with Crippen molar-refractivity contribution in [1.82, 2.24) is 4.90 Å². The van der Waals surface area contributed by atoms with Gasteiger partial charge in [-0.25, -0.2) is 0 Å². The van der Waals surface area contributed by atoms with Crippen LogP contribution in [0.5, 0.6) is 0 Å². The summed E-state index contributed by atoms with van der Waals surface area (Å²) in [4.78, 5) is 14.4. The van der Waals surface area contributed by atoms with Gasteiger partial charge in [-0.1, -0.05) is 12.1 Å². The summed E-state index contributed by atoms with van der Waals surface area (Å²) in [6.07, 6.45) is 1.53. The van der Waals surface area contributed by atoms with E-state index in [1.54, 1.807) is 30.0 Å². The van der Waals surface area contributed by atoms with Gasteiger partial charge in [-0.2, -0.15) is 5.26 Å². The van der Waals surface area contributed by atoms with E-state index in [0.29, 0.717) is 23.4 Å². The predicted molar refractivity (Wildman–Crippen MR) is 79.7 cm³/mol. The molecule has 0 unspecified atom stereocenters. The quantitative estimate of drug-likeness (QED) is 0.859. The summed E-state index contributed by atoms with van der Waals surface area (Å²) in [5, 5.41) is 8.84. The number of hydrogen-bond acceptors (Lipinski definition) is 3. The topological polar surface area (TPSA) is 57.2 Å². The van der Waals surface area contributed by atoms with Crippen molar-refractivity contribution in [3.05, 3.63) is 59.0 Å². The van der Waals surface area contributed by atoms with Crippen LogP contribution in [-0.4, -0.2) is 17.4 Å². The largest absolute Gasteiger partial charge is 0.469 e. The van der Waals surface area contributed by atoms with Gasteiger partial charge in [-0.05, 0) is 44.5 Å². The molecule has 2 aromatic rings. The summed E-state index contributed by atoms with van der Waals surface area (Å²) in [5.41, 5.74) is 2.22. The molecular weight excluding hydrogens is 264 g/mol. The van der Waals surface area contributed by atoms with E-state index in [1.165, 1.54) is 6.26 Å². The van der Waals surface area contributed by atoms with Gasteiger partial charge in [-0.15, -0.1) is 0 Å². The Morgan fingerprint density at radius 3 is 2.48 bits per heavy atom. The van der Waals surface area contributed by atoms with E-state index in [0.717, 1.165) is 5.56 Å². The van der Waals surface area contributed by atoms with Gasteiger partial charge >= 0.3 is 0 Å². The Morgan fingerprint density at radius 2 is 2.00 bits per heavy atom. The molecule has 0 saturated carbocycles. The molecule has 4 nitrogen and oxygen atoms in total. The van der Waals surface area contributed by atoms with Crippen molar-refractivity contribution in [2.45, 2.75) is 26.8 Å². The molecule has 1 aromatic carbocycles. The Morgan fingerprint density at radius 1 is 1.33 bits per heavy atom. The standard InChI is InChI=1S/C17H18N2O2/c1-4-19(17(20)16-9-10-21-13(16)3)12(2)15-7-5-14(11-18)6-8-15/h5-10,12H,4H2,1-3H3/t12-/m0/s1. The molecule has 0 aliphatic heterocycles. The molecule has 21 heavy (non-hydrogen) atoms. The highest BCUT2D eigenvalue weighted by Crippen LogP contribution is 2.23. The van der Waals surface area contributed by atoms with Gasteiger partial charge < -0.3 is 9.32 Å². The maximum absolute atomic E-state index is 12.6. The molecule has 4 heteroatoms. The van der Waals surface area contributed by atoms with Crippen molar-refractivity contribution in [3.8, 4) is 6.07 Å². The van der Waals surface area contributed by atoms with E-state index in [9.17, 15) is 4.79 Å². The summed E-state index contributed by atoms with van der Waals surface area (Å²) < 4.78 is 5.21. The van der Waals surface area contributed by atoms with Crippen LogP contribution in [0.1, 0.15) is 47.1 Å². The monoisotopic (exact) mass is 282 g/mol. The molecule has 0 fully saturated rings. The second kappa shape index (κ2) is 6.27. The molecule has 0 bridgehead atoms. The predicted octanol–water partition coefficient (Wildman–Crippen LogP) is 3.68. The van der Waals surface area contributed by atoms with Gasteiger partial charge in [0.2, 0.25) is 0 Å². The third-order valence-corrected chi connectivity index (χ3v) is 3.68. The van der Waals surface area contributed by atoms with Crippen LogP contribution in [0.25, 0.3) is 0 Å². The molecule has 0 N–H and O–H groups in total.